The highest BCUT2D eigenvalue weighted by Gasteiger charge is 2.21. The van der Waals surface area contributed by atoms with Gasteiger partial charge in [0.2, 0.25) is 5.91 Å². The third kappa shape index (κ3) is 5.58. The van der Waals surface area contributed by atoms with Crippen LogP contribution in [-0.4, -0.2) is 56.7 Å². The molecule has 5 rings (SSSR count). The van der Waals surface area contributed by atoms with Crippen LogP contribution in [0.25, 0.3) is 17.3 Å². The molecule has 1 aliphatic rings. The van der Waals surface area contributed by atoms with Crippen LogP contribution in [-0.2, 0) is 11.3 Å². The first-order valence-electron chi connectivity index (χ1n) is 11.5. The first kappa shape index (κ1) is 22.8. The topological polar surface area (TPSA) is 67.2 Å². The van der Waals surface area contributed by atoms with Crippen molar-refractivity contribution in [3.8, 4) is 11.3 Å². The van der Waals surface area contributed by atoms with E-state index in [1.807, 2.05) is 64.3 Å². The van der Waals surface area contributed by atoms with E-state index >= 15 is 0 Å². The molecular formula is C27H25ClN6O. The van der Waals surface area contributed by atoms with Gasteiger partial charge in [0, 0.05) is 68.2 Å². The Morgan fingerprint density at radius 2 is 1.80 bits per heavy atom. The third-order valence-electron chi connectivity index (χ3n) is 5.94. The van der Waals surface area contributed by atoms with Crippen molar-refractivity contribution in [2.24, 2.45) is 0 Å². The molecule has 35 heavy (non-hydrogen) atoms. The first-order chi connectivity index (χ1) is 17.2. The second-order valence-electron chi connectivity index (χ2n) is 8.34. The molecule has 0 spiro atoms. The number of anilines is 1. The number of amides is 1. The molecule has 0 N–H and O–H groups in total. The summed E-state index contributed by atoms with van der Waals surface area (Å²) < 4.78 is 1.90. The molecule has 1 amide bonds. The molecule has 1 saturated heterocycles. The molecule has 4 heterocycles. The summed E-state index contributed by atoms with van der Waals surface area (Å²) in [6, 6.07) is 17.8. The van der Waals surface area contributed by atoms with E-state index in [9.17, 15) is 4.79 Å². The van der Waals surface area contributed by atoms with Crippen LogP contribution < -0.4 is 4.90 Å². The SMILES string of the molecule is O=C(/C=C/c1cn(Cc2ccccc2)nc1-c1cccnc1)N1CCN(c2ccc(Cl)cn2)CC1. The molecule has 176 valence electrons. The Morgan fingerprint density at radius 1 is 0.971 bits per heavy atom. The zero-order valence-electron chi connectivity index (χ0n) is 19.2. The van der Waals surface area contributed by atoms with Crippen molar-refractivity contribution in [2.45, 2.75) is 6.54 Å². The number of aromatic nitrogens is 4. The van der Waals surface area contributed by atoms with Crippen LogP contribution in [0.3, 0.4) is 0 Å². The number of halogens is 1. The van der Waals surface area contributed by atoms with E-state index in [4.69, 9.17) is 16.7 Å². The number of rotatable bonds is 6. The van der Waals surface area contributed by atoms with E-state index in [0.717, 1.165) is 41.3 Å². The van der Waals surface area contributed by atoms with E-state index in [-0.39, 0.29) is 5.91 Å². The quantitative estimate of drug-likeness (QED) is 0.379. The van der Waals surface area contributed by atoms with Crippen LogP contribution in [0.1, 0.15) is 11.1 Å². The Bertz CT molecular complexity index is 1300. The van der Waals surface area contributed by atoms with Gasteiger partial charge in [-0.25, -0.2) is 4.98 Å². The van der Waals surface area contributed by atoms with Crippen molar-refractivity contribution >= 4 is 29.4 Å². The maximum Gasteiger partial charge on any atom is 0.246 e. The van der Waals surface area contributed by atoms with Gasteiger partial charge in [0.25, 0.3) is 0 Å². The normalized spacial score (nSPS) is 14.0. The van der Waals surface area contributed by atoms with Gasteiger partial charge in [-0.3, -0.25) is 14.5 Å². The zero-order valence-corrected chi connectivity index (χ0v) is 19.9. The summed E-state index contributed by atoms with van der Waals surface area (Å²) in [5.74, 6) is 0.866. The largest absolute Gasteiger partial charge is 0.353 e. The molecule has 1 aliphatic heterocycles. The number of benzene rings is 1. The molecule has 0 unspecified atom stereocenters. The minimum Gasteiger partial charge on any atom is -0.353 e. The van der Waals surface area contributed by atoms with Gasteiger partial charge in [-0.05, 0) is 35.9 Å². The maximum absolute atomic E-state index is 13.0. The molecule has 0 saturated carbocycles. The van der Waals surface area contributed by atoms with E-state index in [0.29, 0.717) is 24.7 Å². The van der Waals surface area contributed by atoms with Crippen molar-refractivity contribution in [1.82, 2.24) is 24.6 Å². The highest BCUT2D eigenvalue weighted by molar-refractivity contribution is 6.30. The Hall–Kier alpha value is -3.97. The molecule has 3 aromatic heterocycles. The minimum atomic E-state index is -0.0124. The first-order valence-corrected chi connectivity index (χ1v) is 11.9. The minimum absolute atomic E-state index is 0.0124. The predicted molar refractivity (Wildman–Crippen MR) is 138 cm³/mol. The molecule has 4 aromatic rings. The van der Waals surface area contributed by atoms with E-state index < -0.39 is 0 Å². The molecule has 7 nitrogen and oxygen atoms in total. The van der Waals surface area contributed by atoms with Gasteiger partial charge in [0.1, 0.15) is 11.5 Å². The molecule has 1 fully saturated rings. The van der Waals surface area contributed by atoms with Crippen LogP contribution in [0.15, 0.2) is 85.5 Å². The van der Waals surface area contributed by atoms with Crippen molar-refractivity contribution in [1.29, 1.82) is 0 Å². The molecule has 0 bridgehead atoms. The number of hydrogen-bond acceptors (Lipinski definition) is 5. The van der Waals surface area contributed by atoms with E-state index in [1.165, 1.54) is 0 Å². The fraction of sp³-hybridized carbons (Fsp3) is 0.185. The second kappa shape index (κ2) is 10.5. The van der Waals surface area contributed by atoms with E-state index in [2.05, 4.69) is 27.0 Å². The van der Waals surface area contributed by atoms with Gasteiger partial charge in [0.05, 0.1) is 11.6 Å². The summed E-state index contributed by atoms with van der Waals surface area (Å²) in [7, 11) is 0. The van der Waals surface area contributed by atoms with Gasteiger partial charge >= 0.3 is 0 Å². The number of piperazine rings is 1. The van der Waals surface area contributed by atoms with Gasteiger partial charge in [-0.15, -0.1) is 0 Å². The summed E-state index contributed by atoms with van der Waals surface area (Å²) in [6.45, 7) is 3.37. The van der Waals surface area contributed by atoms with Gasteiger partial charge < -0.3 is 9.80 Å². The van der Waals surface area contributed by atoms with Gasteiger partial charge in [-0.2, -0.15) is 5.10 Å². The second-order valence-corrected chi connectivity index (χ2v) is 8.77. The average molecular weight is 485 g/mol. The molecule has 0 aliphatic carbocycles. The molecule has 0 atom stereocenters. The fourth-order valence-corrected chi connectivity index (χ4v) is 4.23. The Kier molecular flexibility index (Phi) is 6.86. The Labute approximate surface area is 209 Å². The Balaban J connectivity index is 1.29. The molecule has 8 heteroatoms. The molecule has 0 radical (unpaired) electrons. The summed E-state index contributed by atoms with van der Waals surface area (Å²) in [5, 5.41) is 5.41. The van der Waals surface area contributed by atoms with Crippen molar-refractivity contribution in [3.05, 3.63) is 102 Å². The average Bonchev–Trinajstić information content (AvgIpc) is 3.31. The summed E-state index contributed by atoms with van der Waals surface area (Å²) in [4.78, 5) is 25.6. The lowest BCUT2D eigenvalue weighted by atomic mass is 10.1. The van der Waals surface area contributed by atoms with Gasteiger partial charge in [-0.1, -0.05) is 41.9 Å². The van der Waals surface area contributed by atoms with Crippen molar-refractivity contribution < 1.29 is 4.79 Å². The summed E-state index contributed by atoms with van der Waals surface area (Å²) in [6.07, 6.45) is 10.6. The molecule has 1 aromatic carbocycles. The maximum atomic E-state index is 13.0. The lowest BCUT2D eigenvalue weighted by molar-refractivity contribution is -0.126. The number of nitrogens with zero attached hydrogens (tertiary/aromatic N) is 6. The lowest BCUT2D eigenvalue weighted by Crippen LogP contribution is -2.48. The van der Waals surface area contributed by atoms with Crippen LogP contribution in [0.2, 0.25) is 5.02 Å². The van der Waals surface area contributed by atoms with E-state index in [1.54, 1.807) is 24.7 Å². The number of carbonyl (C=O) groups excluding carboxylic acids is 1. The Morgan fingerprint density at radius 3 is 2.51 bits per heavy atom. The van der Waals surface area contributed by atoms with Crippen molar-refractivity contribution in [2.75, 3.05) is 31.1 Å². The van der Waals surface area contributed by atoms with Crippen LogP contribution in [0, 0.1) is 0 Å². The monoisotopic (exact) mass is 484 g/mol. The summed E-state index contributed by atoms with van der Waals surface area (Å²) in [5.41, 5.74) is 3.76. The molecular weight excluding hydrogens is 460 g/mol. The van der Waals surface area contributed by atoms with Crippen molar-refractivity contribution in [3.63, 3.8) is 0 Å². The zero-order chi connectivity index (χ0) is 24.0. The standard InChI is InChI=1S/C27H25ClN6O/c28-24-9-10-25(30-18-24)32-13-15-33(16-14-32)26(35)11-8-23-20-34(19-21-5-2-1-3-6-21)31-27(23)22-7-4-12-29-17-22/h1-12,17-18,20H,13-16,19H2/b11-8+. The predicted octanol–water partition coefficient (Wildman–Crippen LogP) is 4.40. The van der Waals surface area contributed by atoms with Crippen LogP contribution in [0.5, 0.6) is 0 Å². The van der Waals surface area contributed by atoms with Crippen LogP contribution >= 0.6 is 11.6 Å². The van der Waals surface area contributed by atoms with Crippen LogP contribution in [0.4, 0.5) is 5.82 Å². The number of carbonyl (C=O) groups is 1. The highest BCUT2D eigenvalue weighted by atomic mass is 35.5. The smallest absolute Gasteiger partial charge is 0.246 e. The van der Waals surface area contributed by atoms with Gasteiger partial charge in [0.15, 0.2) is 0 Å². The summed E-state index contributed by atoms with van der Waals surface area (Å²) >= 11 is 5.94. The lowest BCUT2D eigenvalue weighted by Gasteiger charge is -2.34. The highest BCUT2D eigenvalue weighted by Crippen LogP contribution is 2.23. The fourth-order valence-electron chi connectivity index (χ4n) is 4.11. The third-order valence-corrected chi connectivity index (χ3v) is 6.17. The number of pyridine rings is 2. The number of hydrogen-bond donors (Lipinski definition) is 0.